The predicted octanol–water partition coefficient (Wildman–Crippen LogP) is 2.85. The summed E-state index contributed by atoms with van der Waals surface area (Å²) in [7, 11) is 0. The Labute approximate surface area is 110 Å². The van der Waals surface area contributed by atoms with Crippen molar-refractivity contribution in [3.8, 4) is 0 Å². The summed E-state index contributed by atoms with van der Waals surface area (Å²) in [5, 5.41) is 3.52. The molecule has 0 saturated heterocycles. The highest BCUT2D eigenvalue weighted by atomic mass is 127. The van der Waals surface area contributed by atoms with Gasteiger partial charge >= 0.3 is 0 Å². The molecule has 0 aliphatic heterocycles. The zero-order chi connectivity index (χ0) is 11.5. The van der Waals surface area contributed by atoms with Crippen molar-refractivity contribution in [1.29, 1.82) is 0 Å². The summed E-state index contributed by atoms with van der Waals surface area (Å²) >= 11 is 2.31. The van der Waals surface area contributed by atoms with Gasteiger partial charge in [-0.15, -0.1) is 0 Å². The Morgan fingerprint density at radius 3 is 2.88 bits per heavy atom. The van der Waals surface area contributed by atoms with Gasteiger partial charge < -0.3 is 15.8 Å². The van der Waals surface area contributed by atoms with Crippen LogP contribution < -0.4 is 11.1 Å². The molecule has 1 fully saturated rings. The molecule has 0 aromatic heterocycles. The van der Waals surface area contributed by atoms with Gasteiger partial charge in [-0.3, -0.25) is 0 Å². The Bertz CT molecular complexity index is 364. The van der Waals surface area contributed by atoms with Crippen LogP contribution in [0.3, 0.4) is 0 Å². The van der Waals surface area contributed by atoms with Crippen LogP contribution in [0.4, 0.5) is 11.4 Å². The van der Waals surface area contributed by atoms with Crippen LogP contribution in [0.2, 0.25) is 0 Å². The Morgan fingerprint density at radius 1 is 1.50 bits per heavy atom. The van der Waals surface area contributed by atoms with Crippen molar-refractivity contribution in [1.82, 2.24) is 0 Å². The molecule has 1 saturated carbocycles. The smallest absolute Gasteiger partial charge is 0.0614 e. The number of nitrogen functional groups attached to an aromatic ring is 1. The summed E-state index contributed by atoms with van der Waals surface area (Å²) in [4.78, 5) is 0. The van der Waals surface area contributed by atoms with Crippen molar-refractivity contribution >= 4 is 34.0 Å². The first-order valence-corrected chi connectivity index (χ1v) is 6.70. The van der Waals surface area contributed by atoms with E-state index in [-0.39, 0.29) is 0 Å². The van der Waals surface area contributed by atoms with Gasteiger partial charge in [-0.25, -0.2) is 0 Å². The van der Waals surface area contributed by atoms with Crippen LogP contribution >= 0.6 is 22.6 Å². The number of rotatable bonds is 4. The minimum Gasteiger partial charge on any atom is -0.399 e. The normalized spacial score (nSPS) is 23.9. The molecule has 0 atom stereocenters. The van der Waals surface area contributed by atoms with Gasteiger partial charge in [0.1, 0.15) is 0 Å². The van der Waals surface area contributed by atoms with E-state index in [1.807, 2.05) is 25.1 Å². The fourth-order valence-electron chi connectivity index (χ4n) is 1.92. The molecule has 0 spiro atoms. The van der Waals surface area contributed by atoms with Crippen molar-refractivity contribution in [2.75, 3.05) is 17.7 Å². The standard InChI is InChI=1S/C12H17IN2O/c1-2-16-10-6-9(7-10)15-12-4-3-8(14)5-11(12)13/h3-5,9-10,15H,2,6-7,14H2,1H3. The van der Waals surface area contributed by atoms with E-state index >= 15 is 0 Å². The monoisotopic (exact) mass is 332 g/mol. The van der Waals surface area contributed by atoms with Crippen LogP contribution in [-0.2, 0) is 4.74 Å². The van der Waals surface area contributed by atoms with E-state index in [4.69, 9.17) is 10.5 Å². The lowest BCUT2D eigenvalue weighted by atomic mass is 9.89. The highest BCUT2D eigenvalue weighted by Gasteiger charge is 2.29. The molecule has 3 nitrogen and oxygen atoms in total. The third kappa shape index (κ3) is 2.79. The average molecular weight is 332 g/mol. The first-order valence-electron chi connectivity index (χ1n) is 5.62. The second-order valence-corrected chi connectivity index (χ2v) is 5.29. The first-order chi connectivity index (χ1) is 7.69. The lowest BCUT2D eigenvalue weighted by Crippen LogP contribution is -2.40. The van der Waals surface area contributed by atoms with E-state index in [2.05, 4.69) is 27.9 Å². The summed E-state index contributed by atoms with van der Waals surface area (Å²) in [6.07, 6.45) is 2.66. The van der Waals surface area contributed by atoms with E-state index in [0.717, 1.165) is 25.1 Å². The third-order valence-electron chi connectivity index (χ3n) is 2.85. The minimum absolute atomic E-state index is 0.453. The maximum atomic E-state index is 5.71. The zero-order valence-corrected chi connectivity index (χ0v) is 11.5. The van der Waals surface area contributed by atoms with Gasteiger partial charge in [0.15, 0.2) is 0 Å². The van der Waals surface area contributed by atoms with Crippen molar-refractivity contribution in [2.45, 2.75) is 31.9 Å². The van der Waals surface area contributed by atoms with E-state index in [0.29, 0.717) is 12.1 Å². The van der Waals surface area contributed by atoms with Crippen molar-refractivity contribution in [3.05, 3.63) is 21.8 Å². The topological polar surface area (TPSA) is 47.3 Å². The Morgan fingerprint density at radius 2 is 2.25 bits per heavy atom. The molecule has 0 bridgehead atoms. The number of anilines is 2. The average Bonchev–Trinajstić information content (AvgIpc) is 2.18. The molecule has 88 valence electrons. The molecule has 1 aliphatic rings. The van der Waals surface area contributed by atoms with Crippen molar-refractivity contribution < 1.29 is 4.74 Å². The summed E-state index contributed by atoms with van der Waals surface area (Å²) in [6.45, 7) is 2.86. The number of hydrogen-bond donors (Lipinski definition) is 2. The van der Waals surface area contributed by atoms with Gasteiger partial charge in [-0.05, 0) is 60.6 Å². The summed E-state index contributed by atoms with van der Waals surface area (Å²) in [5.74, 6) is 0. The molecule has 2 rings (SSSR count). The predicted molar refractivity (Wildman–Crippen MR) is 75.6 cm³/mol. The number of benzene rings is 1. The molecular formula is C12H17IN2O. The molecule has 0 unspecified atom stereocenters. The molecule has 0 radical (unpaired) electrons. The SMILES string of the molecule is CCOC1CC(Nc2ccc(N)cc2I)C1. The molecule has 1 aromatic rings. The van der Waals surface area contributed by atoms with Crippen LogP contribution in [0, 0.1) is 3.57 Å². The number of nitrogens with two attached hydrogens (primary N) is 1. The van der Waals surface area contributed by atoms with Crippen LogP contribution in [0.1, 0.15) is 19.8 Å². The molecule has 0 heterocycles. The first kappa shape index (κ1) is 12.0. The molecule has 3 N–H and O–H groups in total. The second-order valence-electron chi connectivity index (χ2n) is 4.13. The maximum Gasteiger partial charge on any atom is 0.0614 e. The van der Waals surface area contributed by atoms with Crippen molar-refractivity contribution in [2.24, 2.45) is 0 Å². The highest BCUT2D eigenvalue weighted by Crippen LogP contribution is 2.29. The molecule has 1 aliphatic carbocycles. The van der Waals surface area contributed by atoms with E-state index in [1.54, 1.807) is 0 Å². The molecular weight excluding hydrogens is 315 g/mol. The molecule has 4 heteroatoms. The third-order valence-corrected chi connectivity index (χ3v) is 3.74. The largest absolute Gasteiger partial charge is 0.399 e. The number of halogens is 1. The Balaban J connectivity index is 1.87. The van der Waals surface area contributed by atoms with Crippen LogP contribution in [0.15, 0.2) is 18.2 Å². The van der Waals surface area contributed by atoms with Crippen LogP contribution in [0.5, 0.6) is 0 Å². The van der Waals surface area contributed by atoms with Gasteiger partial charge in [-0.1, -0.05) is 0 Å². The van der Waals surface area contributed by atoms with Gasteiger partial charge in [0, 0.05) is 27.6 Å². The number of ether oxygens (including phenoxy) is 1. The molecule has 16 heavy (non-hydrogen) atoms. The summed E-state index contributed by atoms with van der Waals surface area (Å²) in [5.41, 5.74) is 7.71. The van der Waals surface area contributed by atoms with Crippen LogP contribution in [-0.4, -0.2) is 18.8 Å². The fourth-order valence-corrected chi connectivity index (χ4v) is 2.62. The quantitative estimate of drug-likeness (QED) is 0.658. The van der Waals surface area contributed by atoms with E-state index in [9.17, 15) is 0 Å². The lowest BCUT2D eigenvalue weighted by Gasteiger charge is -2.36. The number of nitrogens with one attached hydrogen (secondary N) is 1. The van der Waals surface area contributed by atoms with Gasteiger partial charge in [0.25, 0.3) is 0 Å². The fraction of sp³-hybridized carbons (Fsp3) is 0.500. The molecule has 1 aromatic carbocycles. The second kappa shape index (κ2) is 5.23. The van der Waals surface area contributed by atoms with E-state index < -0.39 is 0 Å². The Kier molecular flexibility index (Phi) is 3.91. The van der Waals surface area contributed by atoms with E-state index in [1.165, 1.54) is 9.26 Å². The lowest BCUT2D eigenvalue weighted by molar-refractivity contribution is 0.00298. The zero-order valence-electron chi connectivity index (χ0n) is 9.37. The molecule has 0 amide bonds. The maximum absolute atomic E-state index is 5.71. The number of hydrogen-bond acceptors (Lipinski definition) is 3. The van der Waals surface area contributed by atoms with Crippen LogP contribution in [0.25, 0.3) is 0 Å². The highest BCUT2D eigenvalue weighted by molar-refractivity contribution is 14.1. The van der Waals surface area contributed by atoms with Gasteiger partial charge in [0.2, 0.25) is 0 Å². The van der Waals surface area contributed by atoms with Gasteiger partial charge in [0.05, 0.1) is 6.10 Å². The summed E-state index contributed by atoms with van der Waals surface area (Å²) in [6, 6.07) is 6.52. The van der Waals surface area contributed by atoms with Gasteiger partial charge in [-0.2, -0.15) is 0 Å². The van der Waals surface area contributed by atoms with Crippen molar-refractivity contribution in [3.63, 3.8) is 0 Å². The minimum atomic E-state index is 0.453. The summed E-state index contributed by atoms with van der Waals surface area (Å²) < 4.78 is 6.71. The Hall–Kier alpha value is -0.490.